The Balaban J connectivity index is 2.27. The van der Waals surface area contributed by atoms with E-state index in [4.69, 9.17) is 12.2 Å². The Labute approximate surface area is 109 Å². The number of pyridine rings is 1. The molecular formula is C12H11N3S2. The Hall–Kier alpha value is -1.46. The van der Waals surface area contributed by atoms with E-state index in [1.54, 1.807) is 12.4 Å². The standard InChI is InChI=1S/C12H11N3S2/c1-17-12(16)15-14-8-9-6-7-13-11-5-3-2-4-10(9)11/h2-8H,1H3,(H,15,16)/b14-8+. The Bertz CT molecular complexity index is 561. The fraction of sp³-hybridized carbons (Fsp3) is 0.0833. The lowest BCUT2D eigenvalue weighted by molar-refractivity contribution is 1.07. The van der Waals surface area contributed by atoms with Gasteiger partial charge in [-0.15, -0.1) is 0 Å². The summed E-state index contributed by atoms with van der Waals surface area (Å²) in [6.07, 6.45) is 5.44. The first-order valence-electron chi connectivity index (χ1n) is 5.02. The molecule has 86 valence electrons. The van der Waals surface area contributed by atoms with Crippen LogP contribution < -0.4 is 5.43 Å². The van der Waals surface area contributed by atoms with E-state index in [1.807, 2.05) is 36.6 Å². The van der Waals surface area contributed by atoms with Crippen molar-refractivity contribution in [3.05, 3.63) is 42.1 Å². The summed E-state index contributed by atoms with van der Waals surface area (Å²) < 4.78 is 0.652. The van der Waals surface area contributed by atoms with E-state index >= 15 is 0 Å². The minimum absolute atomic E-state index is 0.652. The van der Waals surface area contributed by atoms with Crippen LogP contribution in [0.4, 0.5) is 0 Å². The van der Waals surface area contributed by atoms with Crippen LogP contribution in [0.5, 0.6) is 0 Å². The van der Waals surface area contributed by atoms with Gasteiger partial charge in [0.15, 0.2) is 4.32 Å². The number of aromatic nitrogens is 1. The largest absolute Gasteiger partial charge is 0.262 e. The highest BCUT2D eigenvalue weighted by atomic mass is 32.2. The van der Waals surface area contributed by atoms with Crippen LogP contribution in [0.1, 0.15) is 5.56 Å². The highest BCUT2D eigenvalue weighted by Crippen LogP contribution is 2.14. The van der Waals surface area contributed by atoms with Gasteiger partial charge in [-0.2, -0.15) is 5.10 Å². The first-order valence-corrected chi connectivity index (χ1v) is 6.65. The molecule has 0 amide bonds. The third-order valence-corrected chi connectivity index (χ3v) is 3.28. The molecule has 1 aromatic carbocycles. The predicted octanol–water partition coefficient (Wildman–Crippen LogP) is 2.81. The van der Waals surface area contributed by atoms with Crippen LogP contribution in [0.15, 0.2) is 41.6 Å². The van der Waals surface area contributed by atoms with Crippen molar-refractivity contribution in [2.45, 2.75) is 0 Å². The van der Waals surface area contributed by atoms with Gasteiger partial charge >= 0.3 is 0 Å². The number of hydrogen-bond acceptors (Lipinski definition) is 4. The van der Waals surface area contributed by atoms with Gasteiger partial charge in [-0.3, -0.25) is 10.4 Å². The fourth-order valence-corrected chi connectivity index (χ4v) is 1.63. The molecular weight excluding hydrogens is 250 g/mol. The van der Waals surface area contributed by atoms with Gasteiger partial charge in [-0.1, -0.05) is 42.2 Å². The first kappa shape index (κ1) is 12.0. The average molecular weight is 261 g/mol. The number of nitrogens with one attached hydrogen (secondary N) is 1. The highest BCUT2D eigenvalue weighted by Gasteiger charge is 1.97. The number of thioether (sulfide) groups is 1. The monoisotopic (exact) mass is 261 g/mol. The van der Waals surface area contributed by atoms with Gasteiger partial charge in [0.2, 0.25) is 0 Å². The van der Waals surface area contributed by atoms with Gasteiger partial charge in [-0.25, -0.2) is 0 Å². The fourth-order valence-electron chi connectivity index (χ4n) is 1.43. The van der Waals surface area contributed by atoms with E-state index in [9.17, 15) is 0 Å². The maximum Gasteiger partial charge on any atom is 0.153 e. The quantitative estimate of drug-likeness (QED) is 0.512. The zero-order valence-corrected chi connectivity index (χ0v) is 10.9. The molecule has 0 saturated heterocycles. The Kier molecular flexibility index (Phi) is 4.06. The maximum atomic E-state index is 4.99. The van der Waals surface area contributed by atoms with E-state index in [2.05, 4.69) is 15.5 Å². The van der Waals surface area contributed by atoms with Crippen LogP contribution in [0.2, 0.25) is 0 Å². The second kappa shape index (κ2) is 5.75. The minimum Gasteiger partial charge on any atom is -0.262 e. The Morgan fingerprint density at radius 3 is 3.06 bits per heavy atom. The number of hydrazone groups is 1. The van der Waals surface area contributed by atoms with Crippen molar-refractivity contribution in [2.75, 3.05) is 6.26 Å². The smallest absolute Gasteiger partial charge is 0.153 e. The molecule has 1 N–H and O–H groups in total. The molecule has 0 saturated carbocycles. The number of nitrogens with zero attached hydrogens (tertiary/aromatic N) is 2. The van der Waals surface area contributed by atoms with Gasteiger partial charge in [0.1, 0.15) is 0 Å². The second-order valence-corrected chi connectivity index (χ2v) is 4.76. The summed E-state index contributed by atoms with van der Waals surface area (Å²) in [5.41, 5.74) is 4.77. The molecule has 17 heavy (non-hydrogen) atoms. The molecule has 0 aliphatic heterocycles. The number of hydrogen-bond donors (Lipinski definition) is 1. The summed E-state index contributed by atoms with van der Waals surface area (Å²) in [4.78, 5) is 4.29. The maximum absolute atomic E-state index is 4.99. The van der Waals surface area contributed by atoms with Gasteiger partial charge in [-0.05, 0) is 18.4 Å². The summed E-state index contributed by atoms with van der Waals surface area (Å²) >= 11 is 6.45. The van der Waals surface area contributed by atoms with Gasteiger partial charge in [0, 0.05) is 17.1 Å². The molecule has 1 heterocycles. The van der Waals surface area contributed by atoms with Crippen molar-refractivity contribution < 1.29 is 0 Å². The zero-order chi connectivity index (χ0) is 12.1. The average Bonchev–Trinajstić information content (AvgIpc) is 2.39. The van der Waals surface area contributed by atoms with E-state index in [-0.39, 0.29) is 0 Å². The normalized spacial score (nSPS) is 10.9. The summed E-state index contributed by atoms with van der Waals surface area (Å²) in [6.45, 7) is 0. The van der Waals surface area contributed by atoms with Crippen molar-refractivity contribution in [3.63, 3.8) is 0 Å². The van der Waals surface area contributed by atoms with Gasteiger partial charge in [0.05, 0.1) is 11.7 Å². The number of para-hydroxylation sites is 1. The number of thiocarbonyl (C=S) groups is 1. The molecule has 0 aliphatic carbocycles. The van der Waals surface area contributed by atoms with Gasteiger partial charge < -0.3 is 0 Å². The van der Waals surface area contributed by atoms with Crippen LogP contribution in [-0.2, 0) is 0 Å². The summed E-state index contributed by atoms with van der Waals surface area (Å²) in [7, 11) is 0. The molecule has 5 heteroatoms. The van der Waals surface area contributed by atoms with E-state index < -0.39 is 0 Å². The van der Waals surface area contributed by atoms with Crippen molar-refractivity contribution >= 4 is 45.4 Å². The van der Waals surface area contributed by atoms with E-state index in [0.717, 1.165) is 16.5 Å². The number of fused-ring (bicyclic) bond motifs is 1. The molecule has 0 aliphatic rings. The van der Waals surface area contributed by atoms with Crippen LogP contribution in [0, 0.1) is 0 Å². The molecule has 0 spiro atoms. The van der Waals surface area contributed by atoms with Crippen LogP contribution in [0.25, 0.3) is 10.9 Å². The van der Waals surface area contributed by atoms with Gasteiger partial charge in [0.25, 0.3) is 0 Å². The van der Waals surface area contributed by atoms with E-state index in [0.29, 0.717) is 4.32 Å². The third-order valence-electron chi connectivity index (χ3n) is 2.23. The summed E-state index contributed by atoms with van der Waals surface area (Å²) in [6, 6.07) is 9.89. The van der Waals surface area contributed by atoms with Crippen molar-refractivity contribution in [2.24, 2.45) is 5.10 Å². The SMILES string of the molecule is CSC(=S)N/N=C/c1ccnc2ccccc12. The Morgan fingerprint density at radius 2 is 2.24 bits per heavy atom. The molecule has 2 rings (SSSR count). The molecule has 0 fully saturated rings. The molecule has 0 unspecified atom stereocenters. The molecule has 2 aromatic rings. The van der Waals surface area contributed by atoms with Crippen LogP contribution >= 0.6 is 24.0 Å². The first-order chi connectivity index (χ1) is 8.31. The van der Waals surface area contributed by atoms with Crippen LogP contribution in [0.3, 0.4) is 0 Å². The minimum atomic E-state index is 0.652. The molecule has 0 atom stereocenters. The predicted molar refractivity (Wildman–Crippen MR) is 78.6 cm³/mol. The second-order valence-electron chi connectivity index (χ2n) is 3.28. The number of rotatable bonds is 2. The summed E-state index contributed by atoms with van der Waals surface area (Å²) in [5, 5.41) is 5.18. The summed E-state index contributed by atoms with van der Waals surface area (Å²) in [5.74, 6) is 0. The molecule has 0 radical (unpaired) electrons. The van der Waals surface area contributed by atoms with E-state index in [1.165, 1.54) is 11.8 Å². The number of benzene rings is 1. The molecule has 0 bridgehead atoms. The van der Waals surface area contributed by atoms with Crippen molar-refractivity contribution in [3.8, 4) is 0 Å². The molecule has 3 nitrogen and oxygen atoms in total. The lowest BCUT2D eigenvalue weighted by Gasteiger charge is -2.01. The zero-order valence-electron chi connectivity index (χ0n) is 9.25. The topological polar surface area (TPSA) is 37.3 Å². The van der Waals surface area contributed by atoms with Crippen LogP contribution in [-0.4, -0.2) is 21.8 Å². The molecule has 1 aromatic heterocycles. The van der Waals surface area contributed by atoms with Crippen molar-refractivity contribution in [1.82, 2.24) is 10.4 Å². The lowest BCUT2D eigenvalue weighted by Crippen LogP contribution is -2.10. The highest BCUT2D eigenvalue weighted by molar-refractivity contribution is 8.22. The Morgan fingerprint density at radius 1 is 1.41 bits per heavy atom. The third kappa shape index (κ3) is 3.01. The van der Waals surface area contributed by atoms with Crippen molar-refractivity contribution in [1.29, 1.82) is 0 Å². The lowest BCUT2D eigenvalue weighted by atomic mass is 10.1.